The number of hydrogen-bond acceptors (Lipinski definition) is 4. The number of hydrogen-bond donors (Lipinski definition) is 2. The summed E-state index contributed by atoms with van der Waals surface area (Å²) < 4.78 is 26.2. The fourth-order valence-corrected chi connectivity index (χ4v) is 3.58. The third-order valence-corrected chi connectivity index (χ3v) is 4.86. The quantitative estimate of drug-likeness (QED) is 0.773. The van der Waals surface area contributed by atoms with Crippen LogP contribution < -0.4 is 5.73 Å². The Morgan fingerprint density at radius 3 is 2.47 bits per heavy atom. The van der Waals surface area contributed by atoms with E-state index in [1.54, 1.807) is 13.8 Å². The fourth-order valence-electron chi connectivity index (χ4n) is 1.77. The van der Waals surface area contributed by atoms with Crippen LogP contribution in [0.3, 0.4) is 0 Å². The first-order valence-corrected chi connectivity index (χ1v) is 7.11. The average Bonchev–Trinajstić information content (AvgIpc) is 2.59. The van der Waals surface area contributed by atoms with Gasteiger partial charge in [-0.2, -0.15) is 9.40 Å². The maximum absolute atomic E-state index is 12.4. The smallest absolute Gasteiger partial charge is 0.246 e. The summed E-state index contributed by atoms with van der Waals surface area (Å²) in [5.41, 5.74) is 6.50. The second kappa shape index (κ2) is 5.61. The molecule has 0 amide bonds. The molecule has 0 unspecified atom stereocenters. The third-order valence-electron chi connectivity index (χ3n) is 2.62. The predicted octanol–water partition coefficient (Wildman–Crippen LogP) is 0.386. The zero-order valence-corrected chi connectivity index (χ0v) is 11.3. The van der Waals surface area contributed by atoms with E-state index in [0.717, 1.165) is 0 Å². The molecule has 0 spiro atoms. The Hall–Kier alpha value is -0.920. The molecule has 17 heavy (non-hydrogen) atoms. The molecule has 0 aromatic carbocycles. The predicted molar refractivity (Wildman–Crippen MR) is 66.2 cm³/mol. The van der Waals surface area contributed by atoms with Crippen molar-refractivity contribution in [2.24, 2.45) is 5.73 Å². The van der Waals surface area contributed by atoms with Gasteiger partial charge < -0.3 is 5.73 Å². The van der Waals surface area contributed by atoms with Gasteiger partial charge in [-0.3, -0.25) is 5.10 Å². The minimum absolute atomic E-state index is 0.288. The van der Waals surface area contributed by atoms with Crippen LogP contribution in [-0.4, -0.2) is 42.6 Å². The molecule has 7 heteroatoms. The number of sulfonamides is 1. The van der Waals surface area contributed by atoms with Crippen LogP contribution in [-0.2, 0) is 10.0 Å². The number of H-pyrrole nitrogens is 1. The highest BCUT2D eigenvalue weighted by molar-refractivity contribution is 7.89. The Balaban J connectivity index is 3.09. The average molecular weight is 260 g/mol. The monoisotopic (exact) mass is 260 g/mol. The van der Waals surface area contributed by atoms with Crippen LogP contribution in [0.4, 0.5) is 0 Å². The molecular formula is C10H20N4O2S. The first-order chi connectivity index (χ1) is 7.95. The van der Waals surface area contributed by atoms with E-state index in [9.17, 15) is 8.42 Å². The molecule has 1 aromatic rings. The number of rotatable bonds is 6. The second-order valence-corrected chi connectivity index (χ2v) is 5.78. The van der Waals surface area contributed by atoms with Gasteiger partial charge in [-0.05, 0) is 26.8 Å². The lowest BCUT2D eigenvalue weighted by Gasteiger charge is -2.20. The van der Waals surface area contributed by atoms with Gasteiger partial charge in [-0.1, -0.05) is 6.92 Å². The van der Waals surface area contributed by atoms with Gasteiger partial charge in [-0.25, -0.2) is 8.42 Å². The number of aromatic nitrogens is 2. The van der Waals surface area contributed by atoms with E-state index in [4.69, 9.17) is 5.73 Å². The van der Waals surface area contributed by atoms with Crippen molar-refractivity contribution in [3.05, 3.63) is 11.4 Å². The number of aryl methyl sites for hydroxylation is 2. The molecule has 0 saturated carbocycles. The molecule has 0 saturated heterocycles. The van der Waals surface area contributed by atoms with Crippen molar-refractivity contribution in [3.8, 4) is 0 Å². The van der Waals surface area contributed by atoms with Crippen molar-refractivity contribution in [1.29, 1.82) is 0 Å². The molecule has 0 aliphatic rings. The molecular weight excluding hydrogens is 240 g/mol. The Morgan fingerprint density at radius 2 is 2.06 bits per heavy atom. The molecule has 0 aliphatic carbocycles. The maximum Gasteiger partial charge on any atom is 0.246 e. The number of nitrogens with one attached hydrogen (secondary N) is 1. The summed E-state index contributed by atoms with van der Waals surface area (Å²) in [5.74, 6) is 0. The van der Waals surface area contributed by atoms with E-state index >= 15 is 0 Å². The SMILES string of the molecule is CCN(CCCN)S(=O)(=O)c1c(C)n[nH]c1C. The summed E-state index contributed by atoms with van der Waals surface area (Å²) in [6.07, 6.45) is 0.656. The lowest BCUT2D eigenvalue weighted by Crippen LogP contribution is -2.33. The van der Waals surface area contributed by atoms with Crippen molar-refractivity contribution < 1.29 is 8.42 Å². The minimum atomic E-state index is -3.46. The zero-order chi connectivity index (χ0) is 13.1. The third kappa shape index (κ3) is 2.85. The maximum atomic E-state index is 12.4. The van der Waals surface area contributed by atoms with Gasteiger partial charge >= 0.3 is 0 Å². The van der Waals surface area contributed by atoms with Crippen molar-refractivity contribution in [2.75, 3.05) is 19.6 Å². The standard InChI is InChI=1S/C10H20N4O2S/c1-4-14(7-5-6-11)17(15,16)10-8(2)12-13-9(10)3/h4-7,11H2,1-3H3,(H,12,13). The Morgan fingerprint density at radius 1 is 1.41 bits per heavy atom. The molecule has 0 bridgehead atoms. The molecule has 0 atom stereocenters. The van der Waals surface area contributed by atoms with E-state index < -0.39 is 10.0 Å². The minimum Gasteiger partial charge on any atom is -0.330 e. The van der Waals surface area contributed by atoms with Gasteiger partial charge in [0.15, 0.2) is 0 Å². The number of aromatic amines is 1. The van der Waals surface area contributed by atoms with Crippen LogP contribution in [0.2, 0.25) is 0 Å². The van der Waals surface area contributed by atoms with E-state index in [2.05, 4.69) is 10.2 Å². The molecule has 98 valence electrons. The van der Waals surface area contributed by atoms with Crippen LogP contribution in [0.25, 0.3) is 0 Å². The normalized spacial score (nSPS) is 12.3. The van der Waals surface area contributed by atoms with Crippen LogP contribution in [0.1, 0.15) is 24.7 Å². The Labute approximate surface area is 102 Å². The fraction of sp³-hybridized carbons (Fsp3) is 0.700. The highest BCUT2D eigenvalue weighted by atomic mass is 32.2. The first kappa shape index (κ1) is 14.1. The summed E-state index contributed by atoms with van der Waals surface area (Å²) in [5, 5.41) is 6.62. The van der Waals surface area contributed by atoms with Crippen molar-refractivity contribution in [1.82, 2.24) is 14.5 Å². The van der Waals surface area contributed by atoms with Crippen LogP contribution in [0, 0.1) is 13.8 Å². The van der Waals surface area contributed by atoms with Gasteiger partial charge in [0.05, 0.1) is 11.4 Å². The molecule has 0 radical (unpaired) electrons. The topological polar surface area (TPSA) is 92.1 Å². The van der Waals surface area contributed by atoms with Gasteiger partial charge in [-0.15, -0.1) is 0 Å². The molecule has 0 aliphatic heterocycles. The Kier molecular flexibility index (Phi) is 4.67. The highest BCUT2D eigenvalue weighted by Crippen LogP contribution is 2.21. The Bertz CT molecular complexity index is 447. The van der Waals surface area contributed by atoms with Gasteiger partial charge in [0.25, 0.3) is 0 Å². The largest absolute Gasteiger partial charge is 0.330 e. The number of nitrogens with zero attached hydrogens (tertiary/aromatic N) is 2. The summed E-state index contributed by atoms with van der Waals surface area (Å²) in [6.45, 7) is 6.58. The molecule has 1 heterocycles. The van der Waals surface area contributed by atoms with Crippen molar-refractivity contribution in [2.45, 2.75) is 32.1 Å². The van der Waals surface area contributed by atoms with Gasteiger partial charge in [0.1, 0.15) is 4.90 Å². The van der Waals surface area contributed by atoms with E-state index in [-0.39, 0.29) is 4.90 Å². The van der Waals surface area contributed by atoms with Crippen LogP contribution in [0.15, 0.2) is 4.90 Å². The van der Waals surface area contributed by atoms with E-state index in [1.807, 2.05) is 6.92 Å². The summed E-state index contributed by atoms with van der Waals surface area (Å²) in [4.78, 5) is 0.288. The molecule has 3 N–H and O–H groups in total. The van der Waals surface area contributed by atoms with Crippen LogP contribution >= 0.6 is 0 Å². The summed E-state index contributed by atoms with van der Waals surface area (Å²) in [7, 11) is -3.46. The highest BCUT2D eigenvalue weighted by Gasteiger charge is 2.27. The number of nitrogens with two attached hydrogens (primary N) is 1. The second-order valence-electron chi connectivity index (χ2n) is 3.90. The lowest BCUT2D eigenvalue weighted by atomic mass is 10.4. The van der Waals surface area contributed by atoms with Crippen LogP contribution in [0.5, 0.6) is 0 Å². The van der Waals surface area contributed by atoms with Gasteiger partial charge in [0, 0.05) is 13.1 Å². The zero-order valence-electron chi connectivity index (χ0n) is 10.5. The lowest BCUT2D eigenvalue weighted by molar-refractivity contribution is 0.422. The van der Waals surface area contributed by atoms with E-state index in [0.29, 0.717) is 37.4 Å². The summed E-state index contributed by atoms with van der Waals surface area (Å²) >= 11 is 0. The molecule has 1 aromatic heterocycles. The molecule has 0 fully saturated rings. The molecule has 1 rings (SSSR count). The molecule has 6 nitrogen and oxygen atoms in total. The van der Waals surface area contributed by atoms with Crippen molar-refractivity contribution >= 4 is 10.0 Å². The van der Waals surface area contributed by atoms with Crippen molar-refractivity contribution in [3.63, 3.8) is 0 Å². The first-order valence-electron chi connectivity index (χ1n) is 5.67. The van der Waals surface area contributed by atoms with Gasteiger partial charge in [0.2, 0.25) is 10.0 Å². The van der Waals surface area contributed by atoms with E-state index in [1.165, 1.54) is 4.31 Å². The summed E-state index contributed by atoms with van der Waals surface area (Å²) in [6, 6.07) is 0.